The molecule has 5 nitrogen and oxygen atoms in total. The van der Waals surface area contributed by atoms with Crippen molar-refractivity contribution in [3.8, 4) is 0 Å². The molecule has 1 aromatic rings. The highest BCUT2D eigenvalue weighted by molar-refractivity contribution is 6.29. The lowest BCUT2D eigenvalue weighted by molar-refractivity contribution is 0.0697. The quantitative estimate of drug-likeness (QED) is 0.452. The number of pyridine rings is 1. The molecule has 0 amide bonds. The average molecular weight is 271 g/mol. The van der Waals surface area contributed by atoms with E-state index >= 15 is 0 Å². The lowest BCUT2D eigenvalue weighted by Crippen LogP contribution is -2.14. The minimum Gasteiger partial charge on any atom is -0.478 e. The number of aromatic nitrogens is 1. The highest BCUT2D eigenvalue weighted by Crippen LogP contribution is 2.16. The van der Waals surface area contributed by atoms with Crippen LogP contribution in [0.15, 0.2) is 24.3 Å². The summed E-state index contributed by atoms with van der Waals surface area (Å²) in [6.07, 6.45) is 0. The van der Waals surface area contributed by atoms with E-state index in [1.54, 1.807) is 0 Å². The summed E-state index contributed by atoms with van der Waals surface area (Å²) in [5.74, 6) is -0.807. The fourth-order valence-electron chi connectivity index (χ4n) is 1.23. The summed E-state index contributed by atoms with van der Waals surface area (Å²) >= 11 is 5.72. The number of nitrogens with zero attached hydrogens (tertiary/aromatic N) is 1. The molecule has 0 saturated heterocycles. The van der Waals surface area contributed by atoms with Crippen LogP contribution < -0.4 is 5.32 Å². The van der Waals surface area contributed by atoms with E-state index in [-0.39, 0.29) is 16.5 Å². The topological polar surface area (TPSA) is 71.5 Å². The molecule has 0 fully saturated rings. The summed E-state index contributed by atoms with van der Waals surface area (Å²) in [6.45, 7) is 6.94. The van der Waals surface area contributed by atoms with Crippen molar-refractivity contribution in [3.63, 3.8) is 0 Å². The second-order valence-corrected chi connectivity index (χ2v) is 4.16. The number of rotatable bonds is 7. The predicted octanol–water partition coefficient (Wildman–Crippen LogP) is 2.44. The van der Waals surface area contributed by atoms with E-state index in [4.69, 9.17) is 21.4 Å². The summed E-state index contributed by atoms with van der Waals surface area (Å²) in [5, 5.41) is 12.1. The molecule has 0 saturated carbocycles. The van der Waals surface area contributed by atoms with Crippen LogP contribution in [0.3, 0.4) is 0 Å². The third kappa shape index (κ3) is 4.73. The van der Waals surface area contributed by atoms with Crippen LogP contribution in [0.25, 0.3) is 0 Å². The smallest absolute Gasteiger partial charge is 0.339 e. The van der Waals surface area contributed by atoms with Crippen LogP contribution in [-0.4, -0.2) is 35.8 Å². The Balaban J connectivity index is 2.53. The third-order valence-corrected chi connectivity index (χ3v) is 2.19. The van der Waals surface area contributed by atoms with Crippen LogP contribution in [0.2, 0.25) is 5.15 Å². The summed E-state index contributed by atoms with van der Waals surface area (Å²) in [6, 6.07) is 2.85. The zero-order chi connectivity index (χ0) is 13.5. The monoisotopic (exact) mass is 270 g/mol. The molecular weight excluding hydrogens is 256 g/mol. The minimum atomic E-state index is -1.05. The fraction of sp³-hybridized carbons (Fsp3) is 0.333. The number of ether oxygens (including phenoxy) is 1. The van der Waals surface area contributed by atoms with Gasteiger partial charge in [0.05, 0.1) is 13.2 Å². The highest BCUT2D eigenvalue weighted by Gasteiger charge is 2.11. The SMILES string of the molecule is C=C(C)COCCNc1nc(Cl)ccc1C(=O)O. The molecular formula is C12H15ClN2O3. The van der Waals surface area contributed by atoms with Gasteiger partial charge in [-0.1, -0.05) is 23.8 Å². The molecule has 0 atom stereocenters. The lowest BCUT2D eigenvalue weighted by Gasteiger charge is -2.09. The minimum absolute atomic E-state index is 0.0827. The van der Waals surface area contributed by atoms with Gasteiger partial charge in [-0.25, -0.2) is 9.78 Å². The third-order valence-electron chi connectivity index (χ3n) is 1.98. The maximum absolute atomic E-state index is 10.9. The van der Waals surface area contributed by atoms with Crippen LogP contribution in [0, 0.1) is 0 Å². The number of carboxylic acids is 1. The first-order valence-corrected chi connectivity index (χ1v) is 5.74. The Kier molecular flexibility index (Phi) is 5.61. The molecule has 6 heteroatoms. The van der Waals surface area contributed by atoms with E-state index in [1.165, 1.54) is 12.1 Å². The molecule has 0 aliphatic heterocycles. The molecule has 0 aromatic carbocycles. The van der Waals surface area contributed by atoms with Gasteiger partial charge in [-0.15, -0.1) is 0 Å². The van der Waals surface area contributed by atoms with E-state index < -0.39 is 5.97 Å². The molecule has 1 aromatic heterocycles. The second kappa shape index (κ2) is 6.98. The van der Waals surface area contributed by atoms with Crippen molar-refractivity contribution in [2.24, 2.45) is 0 Å². The van der Waals surface area contributed by atoms with Crippen LogP contribution in [0.4, 0.5) is 5.82 Å². The molecule has 18 heavy (non-hydrogen) atoms. The summed E-state index contributed by atoms with van der Waals surface area (Å²) in [5.41, 5.74) is 1.02. The number of carbonyl (C=O) groups is 1. The van der Waals surface area contributed by atoms with Gasteiger partial charge in [0, 0.05) is 6.54 Å². The van der Waals surface area contributed by atoms with Gasteiger partial charge < -0.3 is 15.2 Å². The maximum atomic E-state index is 10.9. The van der Waals surface area contributed by atoms with Gasteiger partial charge in [0.15, 0.2) is 0 Å². The molecule has 1 rings (SSSR count). The number of carboxylic acid groups (broad SMARTS) is 1. The van der Waals surface area contributed by atoms with Gasteiger partial charge in [0.1, 0.15) is 16.5 Å². The maximum Gasteiger partial charge on any atom is 0.339 e. The molecule has 98 valence electrons. The van der Waals surface area contributed by atoms with E-state index in [0.717, 1.165) is 5.57 Å². The first-order valence-electron chi connectivity index (χ1n) is 5.36. The second-order valence-electron chi connectivity index (χ2n) is 3.77. The first kappa shape index (κ1) is 14.5. The van der Waals surface area contributed by atoms with Crippen molar-refractivity contribution in [2.75, 3.05) is 25.1 Å². The van der Waals surface area contributed by atoms with Gasteiger partial charge in [-0.05, 0) is 19.1 Å². The highest BCUT2D eigenvalue weighted by atomic mass is 35.5. The molecule has 0 unspecified atom stereocenters. The number of hydrogen-bond donors (Lipinski definition) is 2. The zero-order valence-electron chi connectivity index (χ0n) is 10.1. The standard InChI is InChI=1S/C12H15ClN2O3/c1-8(2)7-18-6-5-14-11-9(12(16)17)3-4-10(13)15-11/h3-4H,1,5-7H2,2H3,(H,14,15)(H,16,17). The van der Waals surface area contributed by atoms with Crippen molar-refractivity contribution >= 4 is 23.4 Å². The van der Waals surface area contributed by atoms with Gasteiger partial charge in [0.25, 0.3) is 0 Å². The number of hydrogen-bond acceptors (Lipinski definition) is 4. The van der Waals surface area contributed by atoms with Gasteiger partial charge in [-0.3, -0.25) is 0 Å². The zero-order valence-corrected chi connectivity index (χ0v) is 10.8. The lowest BCUT2D eigenvalue weighted by atomic mass is 10.2. The summed E-state index contributed by atoms with van der Waals surface area (Å²) in [4.78, 5) is 14.9. The molecule has 0 aliphatic carbocycles. The molecule has 1 heterocycles. The summed E-state index contributed by atoms with van der Waals surface area (Å²) < 4.78 is 5.28. The van der Waals surface area contributed by atoms with Crippen molar-refractivity contribution in [3.05, 3.63) is 35.0 Å². The van der Waals surface area contributed by atoms with E-state index in [0.29, 0.717) is 19.8 Å². The number of aromatic carboxylic acids is 1. The number of anilines is 1. The first-order chi connectivity index (χ1) is 8.50. The van der Waals surface area contributed by atoms with Crippen molar-refractivity contribution in [1.29, 1.82) is 0 Å². The number of halogens is 1. The molecule has 0 spiro atoms. The van der Waals surface area contributed by atoms with E-state index in [9.17, 15) is 4.79 Å². The Labute approximate surface area is 110 Å². The predicted molar refractivity (Wildman–Crippen MR) is 70.3 cm³/mol. The van der Waals surface area contributed by atoms with Crippen LogP contribution >= 0.6 is 11.6 Å². The van der Waals surface area contributed by atoms with E-state index in [2.05, 4.69) is 16.9 Å². The Morgan fingerprint density at radius 1 is 1.61 bits per heavy atom. The van der Waals surface area contributed by atoms with Crippen LogP contribution in [0.1, 0.15) is 17.3 Å². The van der Waals surface area contributed by atoms with Crippen molar-refractivity contribution < 1.29 is 14.6 Å². The van der Waals surface area contributed by atoms with Crippen LogP contribution in [0.5, 0.6) is 0 Å². The normalized spacial score (nSPS) is 10.1. The fourth-order valence-corrected chi connectivity index (χ4v) is 1.38. The Bertz CT molecular complexity index is 449. The van der Waals surface area contributed by atoms with Crippen molar-refractivity contribution in [1.82, 2.24) is 4.98 Å². The number of nitrogens with one attached hydrogen (secondary N) is 1. The van der Waals surface area contributed by atoms with Gasteiger partial charge in [0.2, 0.25) is 0 Å². The van der Waals surface area contributed by atoms with E-state index in [1.807, 2.05) is 6.92 Å². The molecule has 0 radical (unpaired) electrons. The molecule has 0 bridgehead atoms. The van der Waals surface area contributed by atoms with Gasteiger partial charge >= 0.3 is 5.97 Å². The Hall–Kier alpha value is -1.59. The average Bonchev–Trinajstić information content (AvgIpc) is 2.27. The molecule has 0 aliphatic rings. The Morgan fingerprint density at radius 2 is 2.33 bits per heavy atom. The molecule has 2 N–H and O–H groups in total. The summed E-state index contributed by atoms with van der Waals surface area (Å²) in [7, 11) is 0. The van der Waals surface area contributed by atoms with Crippen LogP contribution in [-0.2, 0) is 4.74 Å². The van der Waals surface area contributed by atoms with Crippen molar-refractivity contribution in [2.45, 2.75) is 6.92 Å². The largest absolute Gasteiger partial charge is 0.478 e. The van der Waals surface area contributed by atoms with Gasteiger partial charge in [-0.2, -0.15) is 0 Å². The Morgan fingerprint density at radius 3 is 2.94 bits per heavy atom.